The maximum absolute atomic E-state index is 12.8. The van der Waals surface area contributed by atoms with Crippen molar-refractivity contribution < 1.29 is 28.6 Å². The summed E-state index contributed by atoms with van der Waals surface area (Å²) < 4.78 is 16.7. The minimum atomic E-state index is -0.791. The largest absolute Gasteiger partial charge is 0.462 e. The van der Waals surface area contributed by atoms with Gasteiger partial charge in [0.05, 0.1) is 0 Å². The van der Waals surface area contributed by atoms with E-state index in [9.17, 15) is 14.4 Å². The highest BCUT2D eigenvalue weighted by molar-refractivity contribution is 5.71. The van der Waals surface area contributed by atoms with Crippen LogP contribution < -0.4 is 0 Å². The highest BCUT2D eigenvalue weighted by Gasteiger charge is 2.19. The zero-order valence-electron chi connectivity index (χ0n) is 47.2. The molecule has 72 heavy (non-hydrogen) atoms. The molecule has 0 radical (unpaired) electrons. The number of carbonyl (C=O) groups is 3. The summed E-state index contributed by atoms with van der Waals surface area (Å²) in [5.41, 5.74) is 0. The van der Waals surface area contributed by atoms with E-state index in [1.165, 1.54) is 135 Å². The molecule has 0 saturated carbocycles. The SMILES string of the molecule is CC/C=C\C/C=C\C/C=C\C/C=C\C/C=C\C/C=C\C/C=C\C/C=C\CCCCC(=O)OCC(COC(=O)CCCCCCCC)OC(=O)CCCCCCCCCCCCCCCCCCCCCCC. The van der Waals surface area contributed by atoms with Crippen LogP contribution in [0.5, 0.6) is 0 Å². The lowest BCUT2D eigenvalue weighted by atomic mass is 10.0. The molecule has 6 heteroatoms. The second-order valence-electron chi connectivity index (χ2n) is 19.9. The Balaban J connectivity index is 4.22. The fourth-order valence-corrected chi connectivity index (χ4v) is 8.34. The van der Waals surface area contributed by atoms with Crippen LogP contribution in [0.4, 0.5) is 0 Å². The summed E-state index contributed by atoms with van der Waals surface area (Å²) >= 11 is 0. The molecule has 0 rings (SSSR count). The molecule has 0 spiro atoms. The van der Waals surface area contributed by atoms with Gasteiger partial charge in [-0.2, -0.15) is 0 Å². The Morgan fingerprint density at radius 1 is 0.292 bits per heavy atom. The summed E-state index contributed by atoms with van der Waals surface area (Å²) in [5, 5.41) is 0. The maximum atomic E-state index is 12.8. The van der Waals surface area contributed by atoms with Gasteiger partial charge in [0.1, 0.15) is 13.2 Å². The first-order valence-electron chi connectivity index (χ1n) is 30.2. The second kappa shape index (κ2) is 59.9. The van der Waals surface area contributed by atoms with E-state index in [2.05, 4.69) is 118 Å². The summed E-state index contributed by atoms with van der Waals surface area (Å²) in [5.74, 6) is -0.938. The Labute approximate surface area is 445 Å². The Morgan fingerprint density at radius 3 is 0.847 bits per heavy atom. The van der Waals surface area contributed by atoms with Crippen LogP contribution in [0.2, 0.25) is 0 Å². The molecule has 412 valence electrons. The Hall–Kier alpha value is -3.67. The summed E-state index contributed by atoms with van der Waals surface area (Å²) in [6.45, 7) is 6.45. The second-order valence-corrected chi connectivity index (χ2v) is 19.9. The maximum Gasteiger partial charge on any atom is 0.306 e. The number of hydrogen-bond donors (Lipinski definition) is 0. The van der Waals surface area contributed by atoms with Crippen molar-refractivity contribution in [2.45, 2.75) is 290 Å². The van der Waals surface area contributed by atoms with E-state index in [4.69, 9.17) is 14.2 Å². The zero-order chi connectivity index (χ0) is 52.2. The standard InChI is InChI=1S/C66H112O6/c1-4-7-10-13-16-18-20-22-24-26-28-30-31-32-33-34-35-37-38-40-42-44-46-48-50-53-56-59-65(68)71-62-63(61-70-64(67)58-55-52-15-12-9-6-3)72-66(69)60-57-54-51-49-47-45-43-41-39-36-29-27-25-23-21-19-17-14-11-8-5-2/h7,10,16,18,22,24,28,30,32-33,35,37,40,42,46,48,63H,4-6,8-9,11-15,17,19-21,23,25-27,29,31,34,36,38-39,41,43-45,47,49-62H2,1-3H3/b10-7-,18-16-,24-22-,30-28-,33-32-,37-35-,42-40-,48-46-. The molecule has 0 amide bonds. The molecular formula is C66H112O6. The predicted octanol–water partition coefficient (Wildman–Crippen LogP) is 20.5. The van der Waals surface area contributed by atoms with E-state index in [-0.39, 0.29) is 31.1 Å². The zero-order valence-corrected chi connectivity index (χ0v) is 47.2. The van der Waals surface area contributed by atoms with Crippen molar-refractivity contribution >= 4 is 17.9 Å². The molecule has 0 aromatic rings. The van der Waals surface area contributed by atoms with E-state index in [0.29, 0.717) is 19.3 Å². The molecule has 0 heterocycles. The third-order valence-corrected chi connectivity index (χ3v) is 12.9. The summed E-state index contributed by atoms with van der Waals surface area (Å²) in [4.78, 5) is 37.9. The van der Waals surface area contributed by atoms with Crippen LogP contribution in [-0.2, 0) is 28.6 Å². The highest BCUT2D eigenvalue weighted by Crippen LogP contribution is 2.16. The Kier molecular flexibility index (Phi) is 56.8. The fraction of sp³-hybridized carbons (Fsp3) is 0.712. The lowest BCUT2D eigenvalue weighted by molar-refractivity contribution is -0.167. The number of esters is 3. The average Bonchev–Trinajstić information content (AvgIpc) is 3.38. The van der Waals surface area contributed by atoms with Gasteiger partial charge >= 0.3 is 17.9 Å². The smallest absolute Gasteiger partial charge is 0.306 e. The van der Waals surface area contributed by atoms with Gasteiger partial charge in [-0.15, -0.1) is 0 Å². The van der Waals surface area contributed by atoms with Crippen molar-refractivity contribution in [3.8, 4) is 0 Å². The van der Waals surface area contributed by atoms with Gasteiger partial charge in [-0.3, -0.25) is 14.4 Å². The van der Waals surface area contributed by atoms with Crippen molar-refractivity contribution in [1.82, 2.24) is 0 Å². The van der Waals surface area contributed by atoms with Crippen LogP contribution in [-0.4, -0.2) is 37.2 Å². The average molecular weight is 1000 g/mol. The van der Waals surface area contributed by atoms with Crippen LogP contribution in [0, 0.1) is 0 Å². The summed E-state index contributed by atoms with van der Waals surface area (Å²) in [7, 11) is 0. The molecule has 0 N–H and O–H groups in total. The van der Waals surface area contributed by atoms with Crippen LogP contribution >= 0.6 is 0 Å². The molecule has 0 bridgehead atoms. The van der Waals surface area contributed by atoms with Crippen molar-refractivity contribution in [3.63, 3.8) is 0 Å². The van der Waals surface area contributed by atoms with Gasteiger partial charge in [-0.25, -0.2) is 0 Å². The van der Waals surface area contributed by atoms with Gasteiger partial charge in [-0.05, 0) is 83.5 Å². The number of rotatable bonds is 54. The molecule has 0 saturated heterocycles. The number of allylic oxidation sites excluding steroid dienone is 16. The van der Waals surface area contributed by atoms with Gasteiger partial charge in [0.15, 0.2) is 6.10 Å². The lowest BCUT2D eigenvalue weighted by Crippen LogP contribution is -2.30. The molecule has 0 aromatic heterocycles. The topological polar surface area (TPSA) is 78.9 Å². The minimum absolute atomic E-state index is 0.0897. The van der Waals surface area contributed by atoms with Gasteiger partial charge in [-0.1, -0.05) is 279 Å². The number of unbranched alkanes of at least 4 members (excludes halogenated alkanes) is 27. The highest BCUT2D eigenvalue weighted by atomic mass is 16.6. The van der Waals surface area contributed by atoms with Gasteiger partial charge < -0.3 is 14.2 Å². The molecule has 0 aromatic carbocycles. The number of hydrogen-bond acceptors (Lipinski definition) is 6. The van der Waals surface area contributed by atoms with Crippen LogP contribution in [0.15, 0.2) is 97.2 Å². The Bertz CT molecular complexity index is 1430. The van der Waals surface area contributed by atoms with Crippen molar-refractivity contribution in [2.24, 2.45) is 0 Å². The quantitative estimate of drug-likeness (QED) is 0.0261. The van der Waals surface area contributed by atoms with Crippen molar-refractivity contribution in [3.05, 3.63) is 97.2 Å². The first-order valence-corrected chi connectivity index (χ1v) is 30.2. The van der Waals surface area contributed by atoms with E-state index in [1.54, 1.807) is 0 Å². The van der Waals surface area contributed by atoms with E-state index < -0.39 is 6.10 Å². The monoisotopic (exact) mass is 1000 g/mol. The Morgan fingerprint density at radius 2 is 0.542 bits per heavy atom. The molecule has 0 aliphatic heterocycles. The summed E-state index contributed by atoms with van der Waals surface area (Å²) in [6, 6.07) is 0. The van der Waals surface area contributed by atoms with Crippen LogP contribution in [0.25, 0.3) is 0 Å². The molecule has 6 nitrogen and oxygen atoms in total. The molecular weight excluding hydrogens is 889 g/mol. The summed E-state index contributed by atoms with van der Waals surface area (Å²) in [6.07, 6.45) is 80.2. The van der Waals surface area contributed by atoms with Gasteiger partial charge in [0.2, 0.25) is 0 Å². The van der Waals surface area contributed by atoms with E-state index in [1.807, 2.05) is 0 Å². The lowest BCUT2D eigenvalue weighted by Gasteiger charge is -2.18. The van der Waals surface area contributed by atoms with Gasteiger partial charge in [0, 0.05) is 19.3 Å². The van der Waals surface area contributed by atoms with Crippen molar-refractivity contribution in [1.29, 1.82) is 0 Å². The number of ether oxygens (including phenoxy) is 3. The fourth-order valence-electron chi connectivity index (χ4n) is 8.34. The molecule has 0 aliphatic rings. The van der Waals surface area contributed by atoms with Crippen LogP contribution in [0.3, 0.4) is 0 Å². The van der Waals surface area contributed by atoms with E-state index in [0.717, 1.165) is 109 Å². The molecule has 0 aliphatic carbocycles. The third-order valence-electron chi connectivity index (χ3n) is 12.9. The van der Waals surface area contributed by atoms with E-state index >= 15 is 0 Å². The molecule has 1 atom stereocenters. The third kappa shape index (κ3) is 57.2. The normalized spacial score (nSPS) is 12.8. The van der Waals surface area contributed by atoms with Crippen LogP contribution in [0.1, 0.15) is 284 Å². The molecule has 1 unspecified atom stereocenters. The molecule has 0 fully saturated rings. The number of carbonyl (C=O) groups excluding carboxylic acids is 3. The van der Waals surface area contributed by atoms with Gasteiger partial charge in [0.25, 0.3) is 0 Å². The minimum Gasteiger partial charge on any atom is -0.462 e. The predicted molar refractivity (Wildman–Crippen MR) is 311 cm³/mol. The first kappa shape index (κ1) is 68.3. The van der Waals surface area contributed by atoms with Crippen molar-refractivity contribution in [2.75, 3.05) is 13.2 Å². The first-order chi connectivity index (χ1) is 35.5.